The van der Waals surface area contributed by atoms with Crippen molar-refractivity contribution >= 4 is 6.09 Å². The summed E-state index contributed by atoms with van der Waals surface area (Å²) in [5, 5.41) is 6.90. The minimum atomic E-state index is -0.425. The summed E-state index contributed by atoms with van der Waals surface area (Å²) in [7, 11) is 0. The largest absolute Gasteiger partial charge is 0.444 e. The highest BCUT2D eigenvalue weighted by Gasteiger charge is 2.28. The van der Waals surface area contributed by atoms with E-state index < -0.39 is 5.60 Å². The summed E-state index contributed by atoms with van der Waals surface area (Å²) in [4.78, 5) is 11.9. The van der Waals surface area contributed by atoms with E-state index in [4.69, 9.17) is 4.74 Å². The summed E-state index contributed by atoms with van der Waals surface area (Å²) < 4.78 is 5.38. The van der Waals surface area contributed by atoms with Gasteiger partial charge in [0.15, 0.2) is 0 Å². The van der Waals surface area contributed by atoms with Crippen LogP contribution in [0.5, 0.6) is 0 Å². The zero-order valence-electron chi connectivity index (χ0n) is 15.5. The smallest absolute Gasteiger partial charge is 0.407 e. The number of ether oxygens (including phenoxy) is 1. The number of carbonyl (C=O) groups is 1. The molecule has 0 aromatic heterocycles. The second-order valence-electron chi connectivity index (χ2n) is 8.56. The number of carbonyl (C=O) groups excluding carboxylic acids is 1. The fourth-order valence-electron chi connectivity index (χ4n) is 4.09. The highest BCUT2D eigenvalue weighted by atomic mass is 16.6. The highest BCUT2D eigenvalue weighted by Crippen LogP contribution is 2.28. The average Bonchev–Trinajstić information content (AvgIpc) is 2.46. The number of amides is 1. The molecule has 3 unspecified atom stereocenters. The van der Waals surface area contributed by atoms with Gasteiger partial charge in [0, 0.05) is 18.1 Å². The van der Waals surface area contributed by atoms with Crippen molar-refractivity contribution in [1.82, 2.24) is 10.6 Å². The molecule has 134 valence electrons. The Morgan fingerprint density at radius 1 is 1.00 bits per heavy atom. The van der Waals surface area contributed by atoms with Crippen LogP contribution in [0.2, 0.25) is 0 Å². The van der Waals surface area contributed by atoms with Crippen molar-refractivity contribution in [2.24, 2.45) is 5.92 Å². The molecule has 2 saturated carbocycles. The Balaban J connectivity index is 1.75. The fourth-order valence-corrected chi connectivity index (χ4v) is 4.09. The number of alkyl carbamates (subject to hydrolysis) is 1. The van der Waals surface area contributed by atoms with Crippen molar-refractivity contribution in [3.8, 4) is 0 Å². The van der Waals surface area contributed by atoms with Gasteiger partial charge in [-0.1, -0.05) is 19.3 Å². The third-order valence-corrected chi connectivity index (χ3v) is 5.25. The molecule has 2 rings (SSSR count). The first-order chi connectivity index (χ1) is 10.8. The van der Waals surface area contributed by atoms with Crippen LogP contribution in [-0.2, 0) is 4.74 Å². The van der Waals surface area contributed by atoms with Crippen LogP contribution < -0.4 is 10.6 Å². The lowest BCUT2D eigenvalue weighted by Crippen LogP contribution is -2.49. The minimum Gasteiger partial charge on any atom is -0.444 e. The maximum Gasteiger partial charge on any atom is 0.407 e. The lowest BCUT2D eigenvalue weighted by molar-refractivity contribution is 0.0487. The lowest BCUT2D eigenvalue weighted by Gasteiger charge is -2.36. The van der Waals surface area contributed by atoms with Crippen LogP contribution in [0.15, 0.2) is 0 Å². The molecule has 2 N–H and O–H groups in total. The molecule has 4 heteroatoms. The molecule has 3 atom stereocenters. The van der Waals surface area contributed by atoms with E-state index in [9.17, 15) is 4.79 Å². The normalized spacial score (nSPS) is 28.2. The van der Waals surface area contributed by atoms with Gasteiger partial charge in [-0.25, -0.2) is 4.79 Å². The van der Waals surface area contributed by atoms with Crippen LogP contribution in [0.25, 0.3) is 0 Å². The first-order valence-electron chi connectivity index (χ1n) is 9.59. The molecule has 1 amide bonds. The van der Waals surface area contributed by atoms with E-state index in [0.717, 1.165) is 18.8 Å². The highest BCUT2D eigenvalue weighted by molar-refractivity contribution is 5.68. The van der Waals surface area contributed by atoms with Gasteiger partial charge in [0.2, 0.25) is 0 Å². The van der Waals surface area contributed by atoms with Gasteiger partial charge in [-0.3, -0.25) is 0 Å². The monoisotopic (exact) mass is 324 g/mol. The van der Waals surface area contributed by atoms with E-state index in [1.807, 2.05) is 20.8 Å². The Bertz CT molecular complexity index is 372. The van der Waals surface area contributed by atoms with Crippen molar-refractivity contribution in [3.05, 3.63) is 0 Å². The molecule has 0 bridgehead atoms. The van der Waals surface area contributed by atoms with Crippen molar-refractivity contribution in [3.63, 3.8) is 0 Å². The predicted molar refractivity (Wildman–Crippen MR) is 94.6 cm³/mol. The van der Waals surface area contributed by atoms with Crippen LogP contribution in [0.4, 0.5) is 4.79 Å². The molecular weight excluding hydrogens is 288 g/mol. The third kappa shape index (κ3) is 6.70. The van der Waals surface area contributed by atoms with Gasteiger partial charge in [-0.2, -0.15) is 0 Å². The molecule has 0 aromatic rings. The first-order valence-corrected chi connectivity index (χ1v) is 9.59. The molecule has 2 aliphatic rings. The van der Waals surface area contributed by atoms with Gasteiger partial charge >= 0.3 is 6.09 Å². The predicted octanol–water partition coefficient (Wildman–Crippen LogP) is 4.38. The Hall–Kier alpha value is -0.770. The van der Waals surface area contributed by atoms with E-state index in [-0.39, 0.29) is 12.1 Å². The maximum absolute atomic E-state index is 11.9. The summed E-state index contributed by atoms with van der Waals surface area (Å²) in [6, 6.07) is 1.37. The van der Waals surface area contributed by atoms with Gasteiger partial charge < -0.3 is 15.4 Å². The fraction of sp³-hybridized carbons (Fsp3) is 0.947. The Morgan fingerprint density at radius 2 is 1.65 bits per heavy atom. The summed E-state index contributed by atoms with van der Waals surface area (Å²) in [6.45, 7) is 8.07. The molecular formula is C19H36N2O2. The van der Waals surface area contributed by atoms with E-state index in [1.54, 1.807) is 0 Å². The van der Waals surface area contributed by atoms with Crippen molar-refractivity contribution in [2.45, 2.75) is 109 Å². The third-order valence-electron chi connectivity index (χ3n) is 5.25. The molecule has 0 radical (unpaired) electrons. The molecule has 2 fully saturated rings. The van der Waals surface area contributed by atoms with Gasteiger partial charge in [-0.15, -0.1) is 0 Å². The summed E-state index contributed by atoms with van der Waals surface area (Å²) >= 11 is 0. The topological polar surface area (TPSA) is 50.4 Å². The standard InChI is InChI=1S/C19H36N2O2/c1-14(15-9-6-5-7-10-15)20-16-11-8-12-17(13-16)21-18(22)23-19(2,3)4/h14-17,20H,5-13H2,1-4H3,(H,21,22). The maximum atomic E-state index is 11.9. The number of nitrogens with one attached hydrogen (secondary N) is 2. The zero-order valence-corrected chi connectivity index (χ0v) is 15.5. The van der Waals surface area contributed by atoms with Crippen molar-refractivity contribution < 1.29 is 9.53 Å². The molecule has 4 nitrogen and oxygen atoms in total. The van der Waals surface area contributed by atoms with E-state index in [1.165, 1.54) is 44.9 Å². The second kappa shape index (κ2) is 8.36. The Labute approximate surface area is 142 Å². The van der Waals surface area contributed by atoms with Gasteiger partial charge in [0.05, 0.1) is 0 Å². The van der Waals surface area contributed by atoms with Gasteiger partial charge in [0.1, 0.15) is 5.60 Å². The minimum absolute atomic E-state index is 0.245. The molecule has 23 heavy (non-hydrogen) atoms. The van der Waals surface area contributed by atoms with Crippen LogP contribution >= 0.6 is 0 Å². The summed E-state index contributed by atoms with van der Waals surface area (Å²) in [5.41, 5.74) is -0.425. The Morgan fingerprint density at radius 3 is 2.30 bits per heavy atom. The lowest BCUT2D eigenvalue weighted by atomic mass is 9.83. The van der Waals surface area contributed by atoms with Crippen LogP contribution in [0.1, 0.15) is 85.5 Å². The van der Waals surface area contributed by atoms with Crippen LogP contribution in [0.3, 0.4) is 0 Å². The Kier molecular flexibility index (Phi) is 6.75. The molecule has 2 aliphatic carbocycles. The summed E-state index contributed by atoms with van der Waals surface area (Å²) in [6.07, 6.45) is 11.2. The quantitative estimate of drug-likeness (QED) is 0.807. The van der Waals surface area contributed by atoms with E-state index in [0.29, 0.717) is 12.1 Å². The zero-order chi connectivity index (χ0) is 16.9. The van der Waals surface area contributed by atoms with Crippen LogP contribution in [0, 0.1) is 5.92 Å². The average molecular weight is 325 g/mol. The number of hydrogen-bond donors (Lipinski definition) is 2. The van der Waals surface area contributed by atoms with E-state index >= 15 is 0 Å². The number of hydrogen-bond acceptors (Lipinski definition) is 3. The van der Waals surface area contributed by atoms with E-state index in [2.05, 4.69) is 17.6 Å². The first kappa shape index (κ1) is 18.6. The summed E-state index contributed by atoms with van der Waals surface area (Å²) in [5.74, 6) is 0.836. The molecule has 0 saturated heterocycles. The molecule has 0 aromatic carbocycles. The molecule has 0 heterocycles. The SMILES string of the molecule is CC(NC1CCCC(NC(=O)OC(C)(C)C)C1)C1CCCCC1. The molecule has 0 spiro atoms. The second-order valence-corrected chi connectivity index (χ2v) is 8.56. The van der Waals surface area contributed by atoms with Crippen LogP contribution in [-0.4, -0.2) is 29.8 Å². The van der Waals surface area contributed by atoms with Crippen molar-refractivity contribution in [1.29, 1.82) is 0 Å². The van der Waals surface area contributed by atoms with Gasteiger partial charge in [0.25, 0.3) is 0 Å². The molecule has 0 aliphatic heterocycles. The van der Waals surface area contributed by atoms with Crippen molar-refractivity contribution in [2.75, 3.05) is 0 Å². The number of rotatable bonds is 4. The van der Waals surface area contributed by atoms with Gasteiger partial charge in [-0.05, 0) is 72.1 Å².